The van der Waals surface area contributed by atoms with Crippen molar-refractivity contribution < 1.29 is 9.53 Å². The third-order valence-corrected chi connectivity index (χ3v) is 4.75. The van der Waals surface area contributed by atoms with Gasteiger partial charge in [0.1, 0.15) is 12.1 Å². The van der Waals surface area contributed by atoms with Gasteiger partial charge in [-0.3, -0.25) is 4.79 Å². The summed E-state index contributed by atoms with van der Waals surface area (Å²) >= 11 is 0. The average Bonchev–Trinajstić information content (AvgIpc) is 3.25. The lowest BCUT2D eigenvalue weighted by Crippen LogP contribution is -2.27. The van der Waals surface area contributed by atoms with Crippen LogP contribution in [0.4, 0.5) is 0 Å². The quantitative estimate of drug-likeness (QED) is 0.736. The number of nitrogens with zero attached hydrogens (tertiary/aromatic N) is 4. The third-order valence-electron chi connectivity index (χ3n) is 4.75. The Labute approximate surface area is 151 Å². The number of carbonyl (C=O) groups is 1. The summed E-state index contributed by atoms with van der Waals surface area (Å²) in [6.07, 6.45) is 3.26. The summed E-state index contributed by atoms with van der Waals surface area (Å²) in [4.78, 5) is 20.8. The monoisotopic (exact) mass is 351 g/mol. The van der Waals surface area contributed by atoms with Crippen LogP contribution in [0.3, 0.4) is 0 Å². The zero-order valence-electron chi connectivity index (χ0n) is 14.8. The minimum Gasteiger partial charge on any atom is -0.497 e. The molecule has 0 bridgehead atoms. The topological polar surface area (TPSA) is 81.4 Å². The van der Waals surface area contributed by atoms with Crippen molar-refractivity contribution in [3.63, 3.8) is 0 Å². The van der Waals surface area contributed by atoms with E-state index in [0.717, 1.165) is 29.1 Å². The molecule has 7 heteroatoms. The third kappa shape index (κ3) is 3.37. The van der Waals surface area contributed by atoms with Crippen LogP contribution in [0.15, 0.2) is 36.7 Å². The number of ether oxygens (including phenoxy) is 1. The van der Waals surface area contributed by atoms with Crippen LogP contribution in [-0.2, 0) is 11.2 Å². The van der Waals surface area contributed by atoms with Crippen LogP contribution >= 0.6 is 0 Å². The summed E-state index contributed by atoms with van der Waals surface area (Å²) in [7, 11) is 1.64. The average molecular weight is 351 g/mol. The number of hydrogen-bond acceptors (Lipinski definition) is 5. The summed E-state index contributed by atoms with van der Waals surface area (Å²) in [6, 6.07) is 9.63. The Balaban J connectivity index is 1.44. The molecule has 1 fully saturated rings. The van der Waals surface area contributed by atoms with Gasteiger partial charge in [-0.25, -0.2) is 14.5 Å². The van der Waals surface area contributed by atoms with Crippen LogP contribution in [0.25, 0.3) is 16.9 Å². The van der Waals surface area contributed by atoms with Gasteiger partial charge in [0.2, 0.25) is 5.91 Å². The van der Waals surface area contributed by atoms with Crippen molar-refractivity contribution in [2.24, 2.45) is 11.8 Å². The zero-order chi connectivity index (χ0) is 18.1. The Bertz CT molecular complexity index is 935. The summed E-state index contributed by atoms with van der Waals surface area (Å²) in [6.45, 7) is 2.65. The molecule has 1 saturated carbocycles. The van der Waals surface area contributed by atoms with Crippen LogP contribution in [0, 0.1) is 11.8 Å². The lowest BCUT2D eigenvalue weighted by atomic mass is 10.1. The number of methoxy groups -OCH3 is 1. The molecule has 1 aromatic carbocycles. The molecule has 3 aromatic rings. The predicted octanol–water partition coefficient (Wildman–Crippen LogP) is 2.11. The summed E-state index contributed by atoms with van der Waals surface area (Å²) in [5.41, 5.74) is 2.56. The number of fused-ring (bicyclic) bond motifs is 1. The highest BCUT2D eigenvalue weighted by Crippen LogP contribution is 2.37. The van der Waals surface area contributed by atoms with Gasteiger partial charge >= 0.3 is 0 Å². The molecule has 26 heavy (non-hydrogen) atoms. The first-order valence-corrected chi connectivity index (χ1v) is 8.77. The van der Waals surface area contributed by atoms with Crippen molar-refractivity contribution in [2.75, 3.05) is 13.7 Å². The zero-order valence-corrected chi connectivity index (χ0v) is 14.8. The fourth-order valence-corrected chi connectivity index (χ4v) is 2.98. The molecule has 2 heterocycles. The van der Waals surface area contributed by atoms with Crippen molar-refractivity contribution in [3.05, 3.63) is 42.5 Å². The molecule has 1 aliphatic rings. The molecule has 0 saturated heterocycles. The Kier molecular flexibility index (Phi) is 4.28. The maximum absolute atomic E-state index is 11.8. The van der Waals surface area contributed by atoms with E-state index in [9.17, 15) is 4.79 Å². The Hall–Kier alpha value is -2.96. The van der Waals surface area contributed by atoms with Crippen LogP contribution < -0.4 is 10.1 Å². The lowest BCUT2D eigenvalue weighted by molar-refractivity contribution is -0.122. The minimum atomic E-state index is 0.143. The van der Waals surface area contributed by atoms with Gasteiger partial charge in [-0.2, -0.15) is 0 Å². The van der Waals surface area contributed by atoms with Gasteiger partial charge in [0.25, 0.3) is 0 Å². The fraction of sp³-hybridized carbons (Fsp3) is 0.368. The minimum absolute atomic E-state index is 0.143. The summed E-state index contributed by atoms with van der Waals surface area (Å²) < 4.78 is 6.84. The molecule has 1 N–H and O–H groups in total. The molecule has 2 unspecified atom stereocenters. The molecule has 0 aliphatic heterocycles. The second-order valence-electron chi connectivity index (χ2n) is 6.69. The second-order valence-corrected chi connectivity index (χ2v) is 6.69. The van der Waals surface area contributed by atoms with E-state index < -0.39 is 0 Å². The maximum Gasteiger partial charge on any atom is 0.223 e. The molecule has 134 valence electrons. The van der Waals surface area contributed by atoms with Crippen molar-refractivity contribution >= 4 is 11.6 Å². The van der Waals surface area contributed by atoms with Crippen molar-refractivity contribution in [1.29, 1.82) is 0 Å². The maximum atomic E-state index is 11.8. The van der Waals surface area contributed by atoms with Gasteiger partial charge in [0.15, 0.2) is 11.5 Å². The van der Waals surface area contributed by atoms with Crippen molar-refractivity contribution in [1.82, 2.24) is 24.9 Å². The second kappa shape index (κ2) is 6.74. The van der Waals surface area contributed by atoms with E-state index >= 15 is 0 Å². The number of rotatable bonds is 6. The van der Waals surface area contributed by atoms with Gasteiger partial charge < -0.3 is 10.1 Å². The first kappa shape index (κ1) is 16.5. The molecule has 2 aromatic heterocycles. The summed E-state index contributed by atoms with van der Waals surface area (Å²) in [5.74, 6) is 2.36. The van der Waals surface area contributed by atoms with Gasteiger partial charge in [0.05, 0.1) is 12.8 Å². The SMILES string of the molecule is COc1ccc(-c2cc3nc(CCNC(=O)C4CC4C)nn3cn2)cc1. The molecule has 2 atom stereocenters. The molecular weight excluding hydrogens is 330 g/mol. The predicted molar refractivity (Wildman–Crippen MR) is 96.8 cm³/mol. The first-order valence-electron chi connectivity index (χ1n) is 8.77. The highest BCUT2D eigenvalue weighted by molar-refractivity contribution is 5.81. The fourth-order valence-electron chi connectivity index (χ4n) is 2.98. The standard InChI is InChI=1S/C19H21N5O2/c1-12-9-15(12)19(25)20-8-7-17-22-18-10-16(21-11-24(18)23-17)13-3-5-14(26-2)6-4-13/h3-6,10-12,15H,7-9H2,1-2H3,(H,20,25). The summed E-state index contributed by atoms with van der Waals surface area (Å²) in [5, 5.41) is 7.38. The molecule has 1 aliphatic carbocycles. The van der Waals surface area contributed by atoms with Crippen molar-refractivity contribution in [2.45, 2.75) is 19.8 Å². The molecule has 1 amide bonds. The van der Waals surface area contributed by atoms with E-state index in [-0.39, 0.29) is 11.8 Å². The molecule has 7 nitrogen and oxygen atoms in total. The van der Waals surface area contributed by atoms with Crippen molar-refractivity contribution in [3.8, 4) is 17.0 Å². The number of hydrogen-bond donors (Lipinski definition) is 1. The molecule has 0 spiro atoms. The first-order chi connectivity index (χ1) is 12.6. The van der Waals surface area contributed by atoms with E-state index in [0.29, 0.717) is 24.7 Å². The number of aromatic nitrogens is 4. The van der Waals surface area contributed by atoms with E-state index in [4.69, 9.17) is 4.74 Å². The van der Waals surface area contributed by atoms with Gasteiger partial charge in [0, 0.05) is 30.5 Å². The highest BCUT2D eigenvalue weighted by Gasteiger charge is 2.38. The highest BCUT2D eigenvalue weighted by atomic mass is 16.5. The molecule has 0 radical (unpaired) electrons. The normalized spacial score (nSPS) is 18.7. The number of nitrogens with one attached hydrogen (secondary N) is 1. The van der Waals surface area contributed by atoms with Crippen LogP contribution in [0.5, 0.6) is 5.75 Å². The largest absolute Gasteiger partial charge is 0.497 e. The number of amides is 1. The number of carbonyl (C=O) groups excluding carboxylic acids is 1. The van der Waals surface area contributed by atoms with Crippen LogP contribution in [0.1, 0.15) is 19.2 Å². The smallest absolute Gasteiger partial charge is 0.223 e. The van der Waals surface area contributed by atoms with Gasteiger partial charge in [-0.15, -0.1) is 5.10 Å². The lowest BCUT2D eigenvalue weighted by Gasteiger charge is -2.02. The Morgan fingerprint density at radius 2 is 2.12 bits per heavy atom. The van der Waals surface area contributed by atoms with E-state index in [1.807, 2.05) is 30.3 Å². The molecule has 4 rings (SSSR count). The van der Waals surface area contributed by atoms with Gasteiger partial charge in [-0.1, -0.05) is 6.92 Å². The van der Waals surface area contributed by atoms with E-state index in [2.05, 4.69) is 27.3 Å². The van der Waals surface area contributed by atoms with Gasteiger partial charge in [-0.05, 0) is 36.6 Å². The number of benzene rings is 1. The Morgan fingerprint density at radius 3 is 2.81 bits per heavy atom. The van der Waals surface area contributed by atoms with Crippen LogP contribution in [0.2, 0.25) is 0 Å². The van der Waals surface area contributed by atoms with E-state index in [1.54, 1.807) is 18.0 Å². The Morgan fingerprint density at radius 1 is 1.35 bits per heavy atom. The van der Waals surface area contributed by atoms with E-state index in [1.165, 1.54) is 0 Å². The molecular formula is C19H21N5O2. The van der Waals surface area contributed by atoms with Crippen LogP contribution in [-0.4, -0.2) is 39.1 Å².